The van der Waals surface area contributed by atoms with Crippen LogP contribution in [0.5, 0.6) is 0 Å². The molecular weight excluding hydrogens is 220 g/mol. The van der Waals surface area contributed by atoms with Crippen LogP contribution in [-0.4, -0.2) is 42.6 Å². The highest BCUT2D eigenvalue weighted by Gasteiger charge is 2.34. The van der Waals surface area contributed by atoms with E-state index in [0.717, 1.165) is 19.4 Å². The van der Waals surface area contributed by atoms with Crippen LogP contribution in [0.3, 0.4) is 0 Å². The number of nitrogens with zero attached hydrogens (tertiary/aromatic N) is 1. The summed E-state index contributed by atoms with van der Waals surface area (Å²) in [5.41, 5.74) is 0. The molecular formula is C12H20N2O3. The van der Waals surface area contributed by atoms with Crippen molar-refractivity contribution in [1.29, 1.82) is 0 Å². The molecule has 5 nitrogen and oxygen atoms in total. The molecule has 96 valence electrons. The molecule has 1 N–H and O–H groups in total. The highest BCUT2D eigenvalue weighted by molar-refractivity contribution is 5.97. The highest BCUT2D eigenvalue weighted by atomic mass is 16.5. The van der Waals surface area contributed by atoms with Gasteiger partial charge in [-0.15, -0.1) is 0 Å². The molecule has 2 fully saturated rings. The molecule has 17 heavy (non-hydrogen) atoms. The first-order chi connectivity index (χ1) is 8.11. The molecule has 0 bridgehead atoms. The van der Waals surface area contributed by atoms with Gasteiger partial charge in [-0.25, -0.2) is 4.79 Å². The first-order valence-corrected chi connectivity index (χ1v) is 6.33. The maximum atomic E-state index is 11.7. The maximum Gasteiger partial charge on any atom is 0.324 e. The molecule has 3 atom stereocenters. The number of hydrogen-bond donors (Lipinski definition) is 1. The van der Waals surface area contributed by atoms with E-state index in [9.17, 15) is 9.59 Å². The summed E-state index contributed by atoms with van der Waals surface area (Å²) in [5, 5.41) is 2.39. The third-order valence-electron chi connectivity index (χ3n) is 3.66. The monoisotopic (exact) mass is 240 g/mol. The zero-order valence-corrected chi connectivity index (χ0v) is 10.4. The molecule has 2 aliphatic rings. The van der Waals surface area contributed by atoms with Gasteiger partial charge in [-0.2, -0.15) is 0 Å². The van der Waals surface area contributed by atoms with Gasteiger partial charge in [0.2, 0.25) is 5.91 Å². The molecule has 0 aromatic rings. The second-order valence-corrected chi connectivity index (χ2v) is 4.97. The Bertz CT molecular complexity index is 319. The van der Waals surface area contributed by atoms with Gasteiger partial charge < -0.3 is 9.64 Å². The number of amides is 3. The summed E-state index contributed by atoms with van der Waals surface area (Å²) in [5.74, 6) is 0.127. The summed E-state index contributed by atoms with van der Waals surface area (Å²) in [6.45, 7) is 5.95. The Kier molecular flexibility index (Phi) is 3.66. The van der Waals surface area contributed by atoms with E-state index in [1.807, 2.05) is 6.92 Å². The van der Waals surface area contributed by atoms with E-state index >= 15 is 0 Å². The van der Waals surface area contributed by atoms with Crippen molar-refractivity contribution in [3.8, 4) is 0 Å². The molecule has 0 radical (unpaired) electrons. The molecule has 0 aromatic heterocycles. The van der Waals surface area contributed by atoms with Gasteiger partial charge in [0, 0.05) is 25.6 Å². The molecule has 0 saturated carbocycles. The molecule has 2 aliphatic heterocycles. The SMILES string of the molecule is CCC1OCCC1CN1CC(C)C(=O)NC1=O. The molecule has 3 unspecified atom stereocenters. The number of carbonyl (C=O) groups excluding carboxylic acids is 2. The first-order valence-electron chi connectivity index (χ1n) is 6.33. The lowest BCUT2D eigenvalue weighted by molar-refractivity contribution is -0.125. The van der Waals surface area contributed by atoms with E-state index in [2.05, 4.69) is 12.2 Å². The van der Waals surface area contributed by atoms with Crippen molar-refractivity contribution in [2.45, 2.75) is 32.8 Å². The fourth-order valence-corrected chi connectivity index (χ4v) is 2.60. The van der Waals surface area contributed by atoms with E-state index in [1.54, 1.807) is 4.90 Å². The standard InChI is InChI=1S/C12H20N2O3/c1-3-10-9(4-5-17-10)7-14-6-8(2)11(15)13-12(14)16/h8-10H,3-7H2,1-2H3,(H,13,15,16). The molecule has 3 amide bonds. The number of ether oxygens (including phenoxy) is 1. The van der Waals surface area contributed by atoms with Crippen molar-refractivity contribution >= 4 is 11.9 Å². The Morgan fingerprint density at radius 3 is 2.94 bits per heavy atom. The van der Waals surface area contributed by atoms with Crippen molar-refractivity contribution < 1.29 is 14.3 Å². The van der Waals surface area contributed by atoms with Crippen molar-refractivity contribution in [3.05, 3.63) is 0 Å². The van der Waals surface area contributed by atoms with Crippen LogP contribution < -0.4 is 5.32 Å². The predicted octanol–water partition coefficient (Wildman–Crippen LogP) is 0.989. The largest absolute Gasteiger partial charge is 0.378 e. The van der Waals surface area contributed by atoms with Gasteiger partial charge >= 0.3 is 6.03 Å². The van der Waals surface area contributed by atoms with Gasteiger partial charge in [-0.1, -0.05) is 13.8 Å². The van der Waals surface area contributed by atoms with Crippen LogP contribution in [0.2, 0.25) is 0 Å². The maximum absolute atomic E-state index is 11.7. The zero-order valence-electron chi connectivity index (χ0n) is 10.4. The lowest BCUT2D eigenvalue weighted by atomic mass is 9.98. The number of rotatable bonds is 3. The number of imide groups is 1. The van der Waals surface area contributed by atoms with Gasteiger partial charge in [0.15, 0.2) is 0 Å². The second kappa shape index (κ2) is 5.04. The third kappa shape index (κ3) is 2.60. The van der Waals surface area contributed by atoms with Crippen molar-refractivity contribution in [3.63, 3.8) is 0 Å². The normalized spacial score (nSPS) is 34.0. The van der Waals surface area contributed by atoms with Gasteiger partial charge in [-0.05, 0) is 12.8 Å². The topological polar surface area (TPSA) is 58.6 Å². The number of nitrogens with one attached hydrogen (secondary N) is 1. The van der Waals surface area contributed by atoms with Crippen molar-refractivity contribution in [2.75, 3.05) is 19.7 Å². The van der Waals surface area contributed by atoms with Crippen LogP contribution in [0.4, 0.5) is 4.79 Å². The number of hydrogen-bond acceptors (Lipinski definition) is 3. The summed E-state index contributed by atoms with van der Waals surface area (Å²) >= 11 is 0. The fraction of sp³-hybridized carbons (Fsp3) is 0.833. The van der Waals surface area contributed by atoms with Crippen LogP contribution >= 0.6 is 0 Å². The Morgan fingerprint density at radius 2 is 2.24 bits per heavy atom. The molecule has 0 aromatic carbocycles. The molecule has 0 aliphatic carbocycles. The summed E-state index contributed by atoms with van der Waals surface area (Å²) in [6.07, 6.45) is 2.25. The Hall–Kier alpha value is -1.10. The Balaban J connectivity index is 1.94. The zero-order chi connectivity index (χ0) is 12.4. The first kappa shape index (κ1) is 12.4. The highest BCUT2D eigenvalue weighted by Crippen LogP contribution is 2.25. The molecule has 0 spiro atoms. The lowest BCUT2D eigenvalue weighted by Crippen LogP contribution is -2.55. The van der Waals surface area contributed by atoms with Crippen LogP contribution in [-0.2, 0) is 9.53 Å². The van der Waals surface area contributed by atoms with E-state index in [1.165, 1.54) is 0 Å². The summed E-state index contributed by atoms with van der Waals surface area (Å²) in [7, 11) is 0. The van der Waals surface area contributed by atoms with Crippen LogP contribution in [0.1, 0.15) is 26.7 Å². The summed E-state index contributed by atoms with van der Waals surface area (Å²) < 4.78 is 5.61. The summed E-state index contributed by atoms with van der Waals surface area (Å²) in [6, 6.07) is -0.255. The molecule has 2 heterocycles. The van der Waals surface area contributed by atoms with Crippen LogP contribution in [0.15, 0.2) is 0 Å². The molecule has 2 rings (SSSR count). The minimum atomic E-state index is -0.255. The fourth-order valence-electron chi connectivity index (χ4n) is 2.60. The van der Waals surface area contributed by atoms with Crippen LogP contribution in [0.25, 0.3) is 0 Å². The smallest absolute Gasteiger partial charge is 0.324 e. The van der Waals surface area contributed by atoms with E-state index < -0.39 is 0 Å². The quantitative estimate of drug-likeness (QED) is 0.800. The Labute approximate surface area is 101 Å². The van der Waals surface area contributed by atoms with Gasteiger partial charge in [0.25, 0.3) is 0 Å². The minimum Gasteiger partial charge on any atom is -0.378 e. The van der Waals surface area contributed by atoms with Gasteiger partial charge in [0.1, 0.15) is 0 Å². The molecule has 2 saturated heterocycles. The van der Waals surface area contributed by atoms with E-state index in [0.29, 0.717) is 19.0 Å². The van der Waals surface area contributed by atoms with Crippen molar-refractivity contribution in [1.82, 2.24) is 10.2 Å². The average Bonchev–Trinajstić information content (AvgIpc) is 2.73. The van der Waals surface area contributed by atoms with Crippen LogP contribution in [0, 0.1) is 11.8 Å². The van der Waals surface area contributed by atoms with Gasteiger partial charge in [-0.3, -0.25) is 10.1 Å². The van der Waals surface area contributed by atoms with Crippen molar-refractivity contribution in [2.24, 2.45) is 11.8 Å². The van der Waals surface area contributed by atoms with Gasteiger partial charge in [0.05, 0.1) is 12.0 Å². The predicted molar refractivity (Wildman–Crippen MR) is 62.4 cm³/mol. The van der Waals surface area contributed by atoms with E-state index in [-0.39, 0.29) is 24.0 Å². The Morgan fingerprint density at radius 1 is 1.47 bits per heavy atom. The summed E-state index contributed by atoms with van der Waals surface area (Å²) in [4.78, 5) is 24.8. The average molecular weight is 240 g/mol. The second-order valence-electron chi connectivity index (χ2n) is 4.97. The van der Waals surface area contributed by atoms with E-state index in [4.69, 9.17) is 4.74 Å². The number of carbonyl (C=O) groups is 2. The minimum absolute atomic E-state index is 0.116. The third-order valence-corrected chi connectivity index (χ3v) is 3.66. The number of urea groups is 1. The lowest BCUT2D eigenvalue weighted by Gasteiger charge is -2.33. The molecule has 5 heteroatoms.